The van der Waals surface area contributed by atoms with Crippen molar-refractivity contribution >= 4 is 13.1 Å². The van der Waals surface area contributed by atoms with Gasteiger partial charge in [-0.2, -0.15) is 0 Å². The fraction of sp³-hybridized carbons (Fsp3) is 0.800. The maximum absolute atomic E-state index is 10.5. The lowest BCUT2D eigenvalue weighted by atomic mass is 10.2. The normalized spacial score (nSPS) is 12.1. The van der Waals surface area contributed by atoms with E-state index in [4.69, 9.17) is 9.79 Å². The summed E-state index contributed by atoms with van der Waals surface area (Å²) < 4.78 is 10.2. The fourth-order valence-electron chi connectivity index (χ4n) is 0.468. The largest absolute Gasteiger partial charge is 0.391 e. The third kappa shape index (κ3) is 3.77. The average Bonchev–Trinajstić information content (AvgIpc) is 1.60. The molecule has 0 aromatic carbocycles. The standard InChI is InChI=1S/C5H11O4P/c1-4(2)3-5(6)10(7,8)9/h4H,3H2,1-2H3,(H2,7,8,9). The Bertz CT molecular complexity index is 168. The molecular formula is C5H11O4P. The summed E-state index contributed by atoms with van der Waals surface area (Å²) >= 11 is 0. The molecule has 0 rings (SSSR count). The van der Waals surface area contributed by atoms with Gasteiger partial charge in [0.15, 0.2) is 0 Å². The second-order valence-corrected chi connectivity index (χ2v) is 4.12. The van der Waals surface area contributed by atoms with Gasteiger partial charge in [0, 0.05) is 6.42 Å². The number of carbonyl (C=O) groups excluding carboxylic acids is 1. The van der Waals surface area contributed by atoms with Crippen LogP contribution in [0.3, 0.4) is 0 Å². The van der Waals surface area contributed by atoms with Crippen LogP contribution in [-0.2, 0) is 9.36 Å². The molecule has 0 aliphatic heterocycles. The Morgan fingerprint density at radius 2 is 1.90 bits per heavy atom. The molecule has 4 nitrogen and oxygen atoms in total. The molecule has 0 aliphatic rings. The van der Waals surface area contributed by atoms with E-state index in [1.54, 1.807) is 13.8 Å². The third-order valence-electron chi connectivity index (χ3n) is 0.908. The first kappa shape index (κ1) is 9.82. The van der Waals surface area contributed by atoms with Crippen molar-refractivity contribution in [2.75, 3.05) is 0 Å². The Labute approximate surface area is 59.4 Å². The summed E-state index contributed by atoms with van der Waals surface area (Å²) in [5.74, 6) is 0.000116. The number of hydrogen-bond acceptors (Lipinski definition) is 2. The van der Waals surface area contributed by atoms with E-state index in [0.717, 1.165) is 0 Å². The van der Waals surface area contributed by atoms with Gasteiger partial charge < -0.3 is 9.79 Å². The van der Waals surface area contributed by atoms with Crippen molar-refractivity contribution < 1.29 is 19.1 Å². The van der Waals surface area contributed by atoms with E-state index in [-0.39, 0.29) is 12.3 Å². The van der Waals surface area contributed by atoms with Crippen molar-refractivity contribution in [1.82, 2.24) is 0 Å². The zero-order valence-electron chi connectivity index (χ0n) is 5.94. The Morgan fingerprint density at radius 3 is 2.00 bits per heavy atom. The van der Waals surface area contributed by atoms with Gasteiger partial charge in [0.2, 0.25) is 5.52 Å². The Morgan fingerprint density at radius 1 is 1.50 bits per heavy atom. The molecule has 0 spiro atoms. The highest BCUT2D eigenvalue weighted by Crippen LogP contribution is 2.37. The van der Waals surface area contributed by atoms with Crippen LogP contribution in [0.15, 0.2) is 0 Å². The number of hydrogen-bond donors (Lipinski definition) is 2. The fourth-order valence-corrected chi connectivity index (χ4v) is 1.07. The number of carbonyl (C=O) groups is 1. The maximum Gasteiger partial charge on any atom is 0.391 e. The zero-order chi connectivity index (χ0) is 8.36. The number of rotatable bonds is 3. The van der Waals surface area contributed by atoms with E-state index in [1.807, 2.05) is 0 Å². The summed E-state index contributed by atoms with van der Waals surface area (Å²) in [7, 11) is -4.45. The van der Waals surface area contributed by atoms with E-state index in [0.29, 0.717) is 0 Å². The van der Waals surface area contributed by atoms with E-state index in [9.17, 15) is 9.36 Å². The lowest BCUT2D eigenvalue weighted by Crippen LogP contribution is -2.02. The van der Waals surface area contributed by atoms with Crippen LogP contribution >= 0.6 is 7.60 Å². The molecule has 10 heavy (non-hydrogen) atoms. The van der Waals surface area contributed by atoms with Crippen LogP contribution in [0.5, 0.6) is 0 Å². The van der Waals surface area contributed by atoms with E-state index >= 15 is 0 Å². The first-order valence-electron chi connectivity index (χ1n) is 2.93. The topological polar surface area (TPSA) is 74.6 Å². The Hall–Kier alpha value is -0.180. The molecule has 0 fully saturated rings. The van der Waals surface area contributed by atoms with Crippen LogP contribution in [0.25, 0.3) is 0 Å². The SMILES string of the molecule is CC(C)CC(=O)P(=O)(O)O. The van der Waals surface area contributed by atoms with E-state index in [2.05, 4.69) is 0 Å². The molecule has 0 atom stereocenters. The molecule has 0 aromatic rings. The summed E-state index contributed by atoms with van der Waals surface area (Å²) in [6.07, 6.45) is -0.0513. The monoisotopic (exact) mass is 166 g/mol. The molecule has 0 saturated heterocycles. The molecule has 5 heteroatoms. The van der Waals surface area contributed by atoms with E-state index < -0.39 is 13.1 Å². The summed E-state index contributed by atoms with van der Waals surface area (Å²) in [5.41, 5.74) is -0.970. The Balaban J connectivity index is 4.00. The highest BCUT2D eigenvalue weighted by molar-refractivity contribution is 7.70. The van der Waals surface area contributed by atoms with Gasteiger partial charge in [-0.25, -0.2) is 0 Å². The van der Waals surface area contributed by atoms with Crippen LogP contribution in [0.2, 0.25) is 0 Å². The smallest absolute Gasteiger partial charge is 0.319 e. The quantitative estimate of drug-likeness (QED) is 0.606. The van der Waals surface area contributed by atoms with E-state index in [1.165, 1.54) is 0 Å². The lowest BCUT2D eigenvalue weighted by Gasteiger charge is -2.03. The second-order valence-electron chi connectivity index (χ2n) is 2.54. The molecule has 0 unspecified atom stereocenters. The minimum atomic E-state index is -4.45. The van der Waals surface area contributed by atoms with Crippen molar-refractivity contribution in [2.45, 2.75) is 20.3 Å². The first-order valence-corrected chi connectivity index (χ1v) is 4.54. The van der Waals surface area contributed by atoms with Gasteiger partial charge in [-0.3, -0.25) is 9.36 Å². The predicted molar refractivity (Wildman–Crippen MR) is 36.5 cm³/mol. The molecular weight excluding hydrogens is 155 g/mol. The first-order chi connectivity index (χ1) is 4.34. The van der Waals surface area contributed by atoms with Gasteiger partial charge in [-0.05, 0) is 5.92 Å². The van der Waals surface area contributed by atoms with Crippen molar-refractivity contribution in [3.8, 4) is 0 Å². The molecule has 0 heterocycles. The minimum absolute atomic E-state index is 0.000116. The summed E-state index contributed by atoms with van der Waals surface area (Å²) in [4.78, 5) is 27.1. The van der Waals surface area contributed by atoms with Crippen LogP contribution in [-0.4, -0.2) is 15.3 Å². The molecule has 2 N–H and O–H groups in total. The molecule has 0 bridgehead atoms. The van der Waals surface area contributed by atoms with Crippen LogP contribution in [0.4, 0.5) is 0 Å². The van der Waals surface area contributed by atoms with Gasteiger partial charge in [-0.15, -0.1) is 0 Å². The molecule has 0 radical (unpaired) electrons. The second kappa shape index (κ2) is 3.28. The summed E-state index contributed by atoms with van der Waals surface area (Å²) in [5, 5.41) is 0. The Kier molecular flexibility index (Phi) is 3.22. The summed E-state index contributed by atoms with van der Waals surface area (Å²) in [6, 6.07) is 0. The van der Waals surface area contributed by atoms with Gasteiger partial charge in [0.25, 0.3) is 0 Å². The molecule has 0 saturated carbocycles. The minimum Gasteiger partial charge on any atom is -0.319 e. The maximum atomic E-state index is 10.5. The van der Waals surface area contributed by atoms with Crippen LogP contribution < -0.4 is 0 Å². The zero-order valence-corrected chi connectivity index (χ0v) is 6.84. The van der Waals surface area contributed by atoms with Gasteiger partial charge in [0.1, 0.15) is 0 Å². The van der Waals surface area contributed by atoms with Crippen LogP contribution in [0, 0.1) is 5.92 Å². The average molecular weight is 166 g/mol. The van der Waals surface area contributed by atoms with Crippen molar-refractivity contribution in [3.05, 3.63) is 0 Å². The van der Waals surface area contributed by atoms with Gasteiger partial charge in [-0.1, -0.05) is 13.8 Å². The van der Waals surface area contributed by atoms with Gasteiger partial charge in [0.05, 0.1) is 0 Å². The van der Waals surface area contributed by atoms with Crippen molar-refractivity contribution in [1.29, 1.82) is 0 Å². The van der Waals surface area contributed by atoms with Crippen molar-refractivity contribution in [2.24, 2.45) is 5.92 Å². The molecule has 60 valence electrons. The molecule has 0 amide bonds. The summed E-state index contributed by atoms with van der Waals surface area (Å²) in [6.45, 7) is 3.46. The predicted octanol–water partition coefficient (Wildman–Crippen LogP) is 0.737. The highest BCUT2D eigenvalue weighted by Gasteiger charge is 2.25. The van der Waals surface area contributed by atoms with Crippen LogP contribution in [0.1, 0.15) is 20.3 Å². The molecule has 0 aromatic heterocycles. The van der Waals surface area contributed by atoms with Gasteiger partial charge >= 0.3 is 7.60 Å². The lowest BCUT2D eigenvalue weighted by molar-refractivity contribution is -0.114. The van der Waals surface area contributed by atoms with Crippen molar-refractivity contribution in [3.63, 3.8) is 0 Å². The highest BCUT2D eigenvalue weighted by atomic mass is 31.2. The molecule has 0 aliphatic carbocycles. The third-order valence-corrected chi connectivity index (χ3v) is 1.74.